The van der Waals surface area contributed by atoms with Gasteiger partial charge < -0.3 is 9.84 Å². The Morgan fingerprint density at radius 2 is 2.00 bits per heavy atom. The lowest BCUT2D eigenvalue weighted by Crippen LogP contribution is -2.02. The summed E-state index contributed by atoms with van der Waals surface area (Å²) >= 11 is 11.2. The number of alkyl halides is 2. The van der Waals surface area contributed by atoms with Crippen LogP contribution in [0.2, 0.25) is 10.0 Å². The predicted octanol–water partition coefficient (Wildman–Crippen LogP) is 3.83. The molecule has 2 rings (SSSR count). The van der Waals surface area contributed by atoms with Crippen molar-refractivity contribution >= 4 is 23.2 Å². The maximum Gasteiger partial charge on any atom is 0.388 e. The molecule has 19 heavy (non-hydrogen) atoms. The fourth-order valence-corrected chi connectivity index (χ4v) is 1.76. The van der Waals surface area contributed by atoms with E-state index < -0.39 is 18.3 Å². The number of rotatable bonds is 3. The first-order valence-electron chi connectivity index (χ1n) is 4.77. The minimum absolute atomic E-state index is 0.109. The van der Waals surface area contributed by atoms with Crippen molar-refractivity contribution in [1.29, 1.82) is 0 Å². The van der Waals surface area contributed by atoms with Gasteiger partial charge in [0.25, 0.3) is 5.88 Å². The molecule has 0 saturated carbocycles. The van der Waals surface area contributed by atoms with E-state index >= 15 is 0 Å². The Balaban J connectivity index is 2.48. The van der Waals surface area contributed by atoms with Gasteiger partial charge in [0.2, 0.25) is 0 Å². The van der Waals surface area contributed by atoms with Gasteiger partial charge in [-0.3, -0.25) is 5.10 Å². The highest BCUT2D eigenvalue weighted by molar-refractivity contribution is 6.34. The molecule has 0 atom stereocenters. The second-order valence-electron chi connectivity index (χ2n) is 3.38. The first-order chi connectivity index (χ1) is 8.90. The van der Waals surface area contributed by atoms with E-state index in [4.69, 9.17) is 23.2 Å². The van der Waals surface area contributed by atoms with Crippen LogP contribution in [0.25, 0.3) is 11.3 Å². The van der Waals surface area contributed by atoms with E-state index in [9.17, 15) is 18.3 Å². The maximum atomic E-state index is 13.7. The topological polar surface area (TPSA) is 58.1 Å². The highest BCUT2D eigenvalue weighted by Crippen LogP contribution is 2.38. The van der Waals surface area contributed by atoms with Crippen molar-refractivity contribution in [2.75, 3.05) is 0 Å². The number of hydrogen-bond donors (Lipinski definition) is 2. The van der Waals surface area contributed by atoms with Crippen LogP contribution in [0, 0.1) is 5.82 Å². The molecule has 0 aliphatic carbocycles. The van der Waals surface area contributed by atoms with Crippen LogP contribution in [0.1, 0.15) is 0 Å². The summed E-state index contributed by atoms with van der Waals surface area (Å²) in [5, 5.41) is 14.5. The Morgan fingerprint density at radius 3 is 2.63 bits per heavy atom. The third kappa shape index (κ3) is 2.71. The van der Waals surface area contributed by atoms with Gasteiger partial charge in [0, 0.05) is 5.56 Å². The van der Waals surface area contributed by atoms with Crippen LogP contribution in [0.4, 0.5) is 13.2 Å². The normalized spacial score (nSPS) is 11.1. The molecular weight excluding hydrogens is 308 g/mol. The summed E-state index contributed by atoms with van der Waals surface area (Å²) in [7, 11) is 0. The summed E-state index contributed by atoms with van der Waals surface area (Å²) in [6, 6.07) is 1.85. The third-order valence-electron chi connectivity index (χ3n) is 2.18. The number of phenols is 1. The van der Waals surface area contributed by atoms with Gasteiger partial charge in [-0.05, 0) is 12.1 Å². The first-order valence-corrected chi connectivity index (χ1v) is 5.52. The van der Waals surface area contributed by atoms with Gasteiger partial charge >= 0.3 is 6.61 Å². The van der Waals surface area contributed by atoms with Gasteiger partial charge in [-0.15, -0.1) is 5.10 Å². The zero-order valence-electron chi connectivity index (χ0n) is 8.92. The molecule has 0 aliphatic heterocycles. The number of ether oxygens (including phenoxy) is 1. The van der Waals surface area contributed by atoms with Crippen molar-refractivity contribution in [1.82, 2.24) is 10.2 Å². The lowest BCUT2D eigenvalue weighted by atomic mass is 10.1. The van der Waals surface area contributed by atoms with E-state index in [0.29, 0.717) is 0 Å². The first kappa shape index (κ1) is 13.8. The number of phenolic OH excluding ortho intramolecular Hbond substituents is 1. The summed E-state index contributed by atoms with van der Waals surface area (Å²) < 4.78 is 41.8. The lowest BCUT2D eigenvalue weighted by Gasteiger charge is -2.04. The molecule has 2 aromatic rings. The molecule has 0 fully saturated rings. The highest BCUT2D eigenvalue weighted by atomic mass is 35.5. The van der Waals surface area contributed by atoms with Gasteiger partial charge in [-0.25, -0.2) is 4.39 Å². The number of benzene rings is 1. The number of nitrogens with zero attached hydrogens (tertiary/aromatic N) is 1. The van der Waals surface area contributed by atoms with Crippen LogP contribution < -0.4 is 4.74 Å². The SMILES string of the molecule is Oc1cc(-c2[nH]nc(OC(F)F)c2Cl)c(F)cc1Cl. The molecule has 1 aromatic heterocycles. The fourth-order valence-electron chi connectivity index (χ4n) is 1.38. The van der Waals surface area contributed by atoms with Crippen LogP contribution in [0.15, 0.2) is 12.1 Å². The standard InChI is InChI=1S/C10H5Cl2F3N2O2/c11-4-2-5(13)3(1-6(4)18)8-7(12)9(17-16-8)19-10(14)15/h1-2,10,18H,(H,16,17). The van der Waals surface area contributed by atoms with E-state index in [2.05, 4.69) is 14.9 Å². The largest absolute Gasteiger partial charge is 0.506 e. The van der Waals surface area contributed by atoms with Crippen molar-refractivity contribution in [3.8, 4) is 22.9 Å². The van der Waals surface area contributed by atoms with Crippen molar-refractivity contribution in [2.24, 2.45) is 0 Å². The second-order valence-corrected chi connectivity index (χ2v) is 4.16. The molecule has 0 spiro atoms. The summed E-state index contributed by atoms with van der Waals surface area (Å²) in [6.07, 6.45) is 0. The van der Waals surface area contributed by atoms with Crippen LogP contribution in [0.5, 0.6) is 11.6 Å². The van der Waals surface area contributed by atoms with Crippen LogP contribution in [0.3, 0.4) is 0 Å². The Labute approximate surface area is 114 Å². The number of aromatic hydroxyl groups is 1. The van der Waals surface area contributed by atoms with Crippen LogP contribution in [-0.4, -0.2) is 21.9 Å². The van der Waals surface area contributed by atoms with Gasteiger partial charge in [-0.1, -0.05) is 23.2 Å². The number of halogens is 5. The van der Waals surface area contributed by atoms with Crippen molar-refractivity contribution in [3.63, 3.8) is 0 Å². The number of aromatic amines is 1. The summed E-state index contributed by atoms with van der Waals surface area (Å²) in [5.74, 6) is -1.77. The average Bonchev–Trinajstić information content (AvgIpc) is 2.65. The van der Waals surface area contributed by atoms with E-state index in [1.54, 1.807) is 0 Å². The number of hydrogen-bond acceptors (Lipinski definition) is 3. The molecule has 102 valence electrons. The molecular formula is C10H5Cl2F3N2O2. The Morgan fingerprint density at radius 1 is 1.32 bits per heavy atom. The fraction of sp³-hybridized carbons (Fsp3) is 0.100. The molecule has 0 unspecified atom stereocenters. The van der Waals surface area contributed by atoms with E-state index in [0.717, 1.165) is 12.1 Å². The number of H-pyrrole nitrogens is 1. The number of aromatic nitrogens is 2. The van der Waals surface area contributed by atoms with Crippen LogP contribution >= 0.6 is 23.2 Å². The molecule has 1 heterocycles. The lowest BCUT2D eigenvalue weighted by molar-refractivity contribution is -0.0528. The van der Waals surface area contributed by atoms with Crippen LogP contribution in [-0.2, 0) is 0 Å². The Hall–Kier alpha value is -1.60. The molecule has 0 amide bonds. The van der Waals surface area contributed by atoms with E-state index in [1.165, 1.54) is 0 Å². The zero-order chi connectivity index (χ0) is 14.2. The predicted molar refractivity (Wildman–Crippen MR) is 62.3 cm³/mol. The summed E-state index contributed by atoms with van der Waals surface area (Å²) in [6.45, 7) is -3.11. The quantitative estimate of drug-likeness (QED) is 0.905. The molecule has 0 saturated heterocycles. The molecule has 1 aromatic carbocycles. The monoisotopic (exact) mass is 312 g/mol. The Bertz CT molecular complexity index is 619. The summed E-state index contributed by atoms with van der Waals surface area (Å²) in [5.41, 5.74) is -0.287. The molecule has 0 radical (unpaired) electrons. The minimum atomic E-state index is -3.11. The molecule has 9 heteroatoms. The minimum Gasteiger partial charge on any atom is -0.506 e. The van der Waals surface area contributed by atoms with Crippen molar-refractivity contribution in [3.05, 3.63) is 28.0 Å². The van der Waals surface area contributed by atoms with Gasteiger partial charge in [0.1, 0.15) is 16.6 Å². The third-order valence-corrected chi connectivity index (χ3v) is 2.84. The van der Waals surface area contributed by atoms with Crippen molar-refractivity contribution in [2.45, 2.75) is 6.61 Å². The van der Waals surface area contributed by atoms with Gasteiger partial charge in [0.05, 0.1) is 10.7 Å². The zero-order valence-corrected chi connectivity index (χ0v) is 10.4. The molecule has 4 nitrogen and oxygen atoms in total. The molecule has 2 N–H and O–H groups in total. The van der Waals surface area contributed by atoms with Crippen molar-refractivity contribution < 1.29 is 23.0 Å². The highest BCUT2D eigenvalue weighted by Gasteiger charge is 2.20. The summed E-state index contributed by atoms with van der Waals surface area (Å²) in [4.78, 5) is 0. The maximum absolute atomic E-state index is 13.7. The van der Waals surface area contributed by atoms with E-state index in [-0.39, 0.29) is 27.1 Å². The Kier molecular flexibility index (Phi) is 3.77. The number of nitrogens with one attached hydrogen (secondary N) is 1. The smallest absolute Gasteiger partial charge is 0.388 e. The van der Waals surface area contributed by atoms with Gasteiger partial charge in [-0.2, -0.15) is 8.78 Å². The average molecular weight is 313 g/mol. The second kappa shape index (κ2) is 5.18. The molecule has 0 aliphatic rings. The van der Waals surface area contributed by atoms with E-state index in [1.807, 2.05) is 0 Å². The molecule has 0 bridgehead atoms. The van der Waals surface area contributed by atoms with Gasteiger partial charge in [0.15, 0.2) is 0 Å².